The maximum atomic E-state index is 14.9. The quantitative estimate of drug-likeness (QED) is 0.420. The van der Waals surface area contributed by atoms with E-state index in [-0.39, 0.29) is 35.1 Å². The summed E-state index contributed by atoms with van der Waals surface area (Å²) in [7, 11) is 2.91. The summed E-state index contributed by atoms with van der Waals surface area (Å²) in [5.41, 5.74) is -0.0483. The zero-order chi connectivity index (χ0) is 24.9. The van der Waals surface area contributed by atoms with Gasteiger partial charge < -0.3 is 14.6 Å². The Balaban J connectivity index is 1.34. The molecule has 1 N–H and O–H groups in total. The molecule has 9 nitrogen and oxygen atoms in total. The van der Waals surface area contributed by atoms with Gasteiger partial charge in [-0.2, -0.15) is 0 Å². The summed E-state index contributed by atoms with van der Waals surface area (Å²) >= 11 is 1.08. The highest BCUT2D eigenvalue weighted by atomic mass is 32.1. The first-order valence-electron chi connectivity index (χ1n) is 10.9. The maximum Gasteiger partial charge on any atom is 0.331 e. The van der Waals surface area contributed by atoms with Gasteiger partial charge >= 0.3 is 5.69 Å². The van der Waals surface area contributed by atoms with Crippen LogP contribution < -0.4 is 21.3 Å². The molecule has 0 atom stereocenters. The molecule has 3 aromatic heterocycles. The zero-order valence-electron chi connectivity index (χ0n) is 18.9. The standard InChI is InChI=1S/C23H21F2N5O4S/c1-28-16-7-8-30(19(16)21(32)29(2)23(28)33)9-17(31)27-22-26-15(11-35-22)13-5-6-14(24)20(18(13)25)34-10-12-3-4-12/h5-8,11-12H,3-4,9-10H2,1-2H3,(H,26,27,31). The lowest BCUT2D eigenvalue weighted by molar-refractivity contribution is -0.116. The van der Waals surface area contributed by atoms with Crippen LogP contribution in [0.4, 0.5) is 13.9 Å². The van der Waals surface area contributed by atoms with Gasteiger partial charge in [-0.3, -0.25) is 18.7 Å². The second-order valence-corrected chi connectivity index (χ2v) is 9.32. The number of aromatic nitrogens is 4. The van der Waals surface area contributed by atoms with Crippen molar-refractivity contribution in [1.29, 1.82) is 0 Å². The third-order valence-corrected chi connectivity index (χ3v) is 6.69. The van der Waals surface area contributed by atoms with Crippen molar-refractivity contribution < 1.29 is 18.3 Å². The predicted molar refractivity (Wildman–Crippen MR) is 127 cm³/mol. The first-order chi connectivity index (χ1) is 16.7. The molecule has 1 saturated carbocycles. The average Bonchev–Trinajstić information content (AvgIpc) is 3.39. The third-order valence-electron chi connectivity index (χ3n) is 5.93. The fourth-order valence-corrected chi connectivity index (χ4v) is 4.51. The first-order valence-corrected chi connectivity index (χ1v) is 11.7. The molecule has 1 amide bonds. The van der Waals surface area contributed by atoms with Crippen LogP contribution in [-0.4, -0.2) is 31.2 Å². The monoisotopic (exact) mass is 501 g/mol. The number of carbonyl (C=O) groups excluding carboxylic acids is 1. The lowest BCUT2D eigenvalue weighted by atomic mass is 10.1. The average molecular weight is 502 g/mol. The molecule has 0 spiro atoms. The molecule has 5 rings (SSSR count). The van der Waals surface area contributed by atoms with E-state index in [1.54, 1.807) is 24.7 Å². The maximum absolute atomic E-state index is 14.9. The van der Waals surface area contributed by atoms with E-state index in [1.807, 2.05) is 0 Å². The lowest BCUT2D eigenvalue weighted by Crippen LogP contribution is -2.37. The van der Waals surface area contributed by atoms with Crippen molar-refractivity contribution in [3.05, 3.63) is 62.2 Å². The Labute approximate surface area is 201 Å². The van der Waals surface area contributed by atoms with Gasteiger partial charge in [-0.1, -0.05) is 0 Å². The van der Waals surface area contributed by atoms with Crippen LogP contribution in [0.2, 0.25) is 0 Å². The molecule has 4 aromatic rings. The molecule has 35 heavy (non-hydrogen) atoms. The molecule has 3 heterocycles. The number of thiazole rings is 1. The van der Waals surface area contributed by atoms with Crippen LogP contribution in [0.1, 0.15) is 12.8 Å². The number of anilines is 1. The number of hydrogen-bond donors (Lipinski definition) is 1. The first kappa shape index (κ1) is 23.0. The minimum atomic E-state index is -0.839. The number of amides is 1. The number of nitrogens with one attached hydrogen (secondary N) is 1. The molecule has 0 bridgehead atoms. The fourth-order valence-electron chi connectivity index (χ4n) is 3.79. The van der Waals surface area contributed by atoms with E-state index < -0.39 is 34.5 Å². The Morgan fingerprint density at radius 2 is 1.97 bits per heavy atom. The topological polar surface area (TPSA) is 100 Å². The van der Waals surface area contributed by atoms with Gasteiger partial charge in [-0.25, -0.2) is 18.6 Å². The second-order valence-electron chi connectivity index (χ2n) is 8.46. The molecule has 1 aliphatic rings. The Hall–Kier alpha value is -3.80. The predicted octanol–water partition coefficient (Wildman–Crippen LogP) is 2.87. The minimum absolute atomic E-state index is 0.0646. The molecular formula is C23H21F2N5O4S. The SMILES string of the molecule is Cn1c(=O)c2c(ccn2CC(=O)Nc2nc(-c3ccc(F)c(OCC4CC4)c3F)cs2)n(C)c1=O. The highest BCUT2D eigenvalue weighted by molar-refractivity contribution is 7.14. The van der Waals surface area contributed by atoms with E-state index in [0.717, 1.165) is 34.8 Å². The van der Waals surface area contributed by atoms with E-state index in [4.69, 9.17) is 4.74 Å². The van der Waals surface area contributed by atoms with Crippen molar-refractivity contribution in [2.45, 2.75) is 19.4 Å². The van der Waals surface area contributed by atoms with Crippen LogP contribution in [-0.2, 0) is 25.4 Å². The smallest absolute Gasteiger partial charge is 0.331 e. The number of aryl methyl sites for hydroxylation is 1. The molecule has 1 aromatic carbocycles. The van der Waals surface area contributed by atoms with Gasteiger partial charge in [0, 0.05) is 31.2 Å². The van der Waals surface area contributed by atoms with Crippen LogP contribution in [0.5, 0.6) is 5.75 Å². The highest BCUT2D eigenvalue weighted by Gasteiger charge is 2.25. The number of benzene rings is 1. The molecule has 1 aliphatic carbocycles. The summed E-state index contributed by atoms with van der Waals surface area (Å²) in [6, 6.07) is 4.00. The van der Waals surface area contributed by atoms with Crippen LogP contribution >= 0.6 is 11.3 Å². The Morgan fingerprint density at radius 1 is 1.20 bits per heavy atom. The van der Waals surface area contributed by atoms with Crippen molar-refractivity contribution in [3.63, 3.8) is 0 Å². The fraction of sp³-hybridized carbons (Fsp3) is 0.304. The Morgan fingerprint density at radius 3 is 2.71 bits per heavy atom. The van der Waals surface area contributed by atoms with Crippen molar-refractivity contribution in [1.82, 2.24) is 18.7 Å². The van der Waals surface area contributed by atoms with Crippen molar-refractivity contribution in [2.24, 2.45) is 20.0 Å². The molecule has 0 unspecified atom stereocenters. The Bertz CT molecular complexity index is 1580. The molecule has 1 fully saturated rings. The summed E-state index contributed by atoms with van der Waals surface area (Å²) in [6.07, 6.45) is 3.53. The van der Waals surface area contributed by atoms with Crippen LogP contribution in [0.3, 0.4) is 0 Å². The van der Waals surface area contributed by atoms with Gasteiger partial charge in [-0.15, -0.1) is 11.3 Å². The number of hydrogen-bond acceptors (Lipinski definition) is 6. The van der Waals surface area contributed by atoms with Gasteiger partial charge in [0.2, 0.25) is 5.91 Å². The van der Waals surface area contributed by atoms with Crippen molar-refractivity contribution in [2.75, 3.05) is 11.9 Å². The summed E-state index contributed by atoms with van der Waals surface area (Å²) < 4.78 is 38.2. The summed E-state index contributed by atoms with van der Waals surface area (Å²) in [5, 5.41) is 4.39. The Kier molecular flexibility index (Phi) is 5.75. The number of halogens is 2. The molecule has 182 valence electrons. The normalized spacial score (nSPS) is 13.4. The minimum Gasteiger partial charge on any atom is -0.487 e. The molecule has 0 radical (unpaired) electrons. The largest absolute Gasteiger partial charge is 0.487 e. The van der Waals surface area contributed by atoms with Gasteiger partial charge in [-0.05, 0) is 37.0 Å². The van der Waals surface area contributed by atoms with Gasteiger partial charge in [0.1, 0.15) is 12.1 Å². The molecule has 0 saturated heterocycles. The highest BCUT2D eigenvalue weighted by Crippen LogP contribution is 2.35. The van der Waals surface area contributed by atoms with E-state index in [1.165, 1.54) is 22.2 Å². The van der Waals surface area contributed by atoms with Gasteiger partial charge in [0.25, 0.3) is 5.56 Å². The van der Waals surface area contributed by atoms with E-state index >= 15 is 0 Å². The van der Waals surface area contributed by atoms with Gasteiger partial charge in [0.15, 0.2) is 22.5 Å². The zero-order valence-corrected chi connectivity index (χ0v) is 19.7. The summed E-state index contributed by atoms with van der Waals surface area (Å²) in [5.74, 6) is -2.18. The van der Waals surface area contributed by atoms with Crippen LogP contribution in [0, 0.1) is 17.6 Å². The van der Waals surface area contributed by atoms with Crippen molar-refractivity contribution >= 4 is 33.4 Å². The van der Waals surface area contributed by atoms with Crippen molar-refractivity contribution in [3.8, 4) is 17.0 Å². The van der Waals surface area contributed by atoms with Crippen LogP contribution in [0.25, 0.3) is 22.3 Å². The number of nitrogens with zero attached hydrogens (tertiary/aromatic N) is 4. The third kappa shape index (κ3) is 4.25. The van der Waals surface area contributed by atoms with E-state index in [2.05, 4.69) is 10.3 Å². The molecular weight excluding hydrogens is 480 g/mol. The number of carbonyl (C=O) groups is 1. The van der Waals surface area contributed by atoms with Crippen LogP contribution in [0.15, 0.2) is 39.4 Å². The molecule has 0 aliphatic heterocycles. The van der Waals surface area contributed by atoms with E-state index in [9.17, 15) is 23.2 Å². The lowest BCUT2D eigenvalue weighted by Gasteiger charge is -2.10. The van der Waals surface area contributed by atoms with Gasteiger partial charge in [0.05, 0.1) is 17.8 Å². The number of fused-ring (bicyclic) bond motifs is 1. The molecule has 12 heteroatoms. The number of rotatable bonds is 7. The second kappa shape index (κ2) is 8.77. The summed E-state index contributed by atoms with van der Waals surface area (Å²) in [6.45, 7) is 0.0664. The summed E-state index contributed by atoms with van der Waals surface area (Å²) in [4.78, 5) is 41.6. The number of ether oxygens (including phenoxy) is 1. The van der Waals surface area contributed by atoms with E-state index in [0.29, 0.717) is 11.4 Å².